The molecule has 0 unspecified atom stereocenters. The molecule has 0 bridgehead atoms. The third kappa shape index (κ3) is 3.85. The molecule has 1 aliphatic heterocycles. The lowest BCUT2D eigenvalue weighted by Gasteiger charge is -2.11. The topological polar surface area (TPSA) is 47.0 Å². The number of hydrogen-bond donors (Lipinski definition) is 1. The van der Waals surface area contributed by atoms with Gasteiger partial charge in [-0.1, -0.05) is 0 Å². The first-order valence-corrected chi connectivity index (χ1v) is 7.85. The molecule has 1 N–H and O–H groups in total. The Morgan fingerprint density at radius 3 is 3.11 bits per heavy atom. The summed E-state index contributed by atoms with van der Waals surface area (Å²) < 4.78 is 5.42. The van der Waals surface area contributed by atoms with Gasteiger partial charge in [-0.25, -0.2) is 9.97 Å². The van der Waals surface area contributed by atoms with Crippen LogP contribution in [-0.4, -0.2) is 41.7 Å². The van der Waals surface area contributed by atoms with Crippen LogP contribution in [-0.2, 0) is 4.74 Å². The van der Waals surface area contributed by atoms with E-state index in [4.69, 9.17) is 4.74 Å². The molecule has 0 amide bonds. The van der Waals surface area contributed by atoms with E-state index in [9.17, 15) is 0 Å². The number of aromatic nitrogens is 2. The molecule has 2 rings (SSSR count). The Morgan fingerprint density at radius 1 is 1.50 bits per heavy atom. The van der Waals surface area contributed by atoms with Crippen molar-refractivity contribution >= 4 is 17.6 Å². The summed E-state index contributed by atoms with van der Waals surface area (Å²) in [6, 6.07) is 2.07. The molecule has 5 heteroatoms. The Bertz CT molecular complexity index is 380. The SMILES string of the molecule is CSCCCNc1cc([C@H]2CCOC2)nc(C)n1. The van der Waals surface area contributed by atoms with Crippen LogP contribution in [0.1, 0.15) is 30.3 Å². The summed E-state index contributed by atoms with van der Waals surface area (Å²) in [5.74, 6) is 3.41. The van der Waals surface area contributed by atoms with Crippen LogP contribution in [0, 0.1) is 6.92 Å². The minimum atomic E-state index is 0.443. The number of hydrogen-bond acceptors (Lipinski definition) is 5. The lowest BCUT2D eigenvalue weighted by Crippen LogP contribution is -2.09. The second-order valence-corrected chi connectivity index (χ2v) is 5.54. The normalized spacial score (nSPS) is 19.1. The van der Waals surface area contributed by atoms with Crippen molar-refractivity contribution in [2.24, 2.45) is 0 Å². The minimum absolute atomic E-state index is 0.443. The predicted molar refractivity (Wildman–Crippen MR) is 76.4 cm³/mol. The highest BCUT2D eigenvalue weighted by Crippen LogP contribution is 2.24. The van der Waals surface area contributed by atoms with Gasteiger partial charge in [0, 0.05) is 25.1 Å². The first-order valence-electron chi connectivity index (χ1n) is 6.45. The van der Waals surface area contributed by atoms with Gasteiger partial charge in [0.15, 0.2) is 0 Å². The third-order valence-corrected chi connectivity index (χ3v) is 3.73. The van der Waals surface area contributed by atoms with E-state index in [1.165, 1.54) is 5.75 Å². The molecule has 1 fully saturated rings. The van der Waals surface area contributed by atoms with Crippen LogP contribution in [0.15, 0.2) is 6.07 Å². The quantitative estimate of drug-likeness (QED) is 0.802. The maximum absolute atomic E-state index is 5.42. The fourth-order valence-electron chi connectivity index (χ4n) is 2.09. The first kappa shape index (κ1) is 13.6. The summed E-state index contributed by atoms with van der Waals surface area (Å²) in [4.78, 5) is 8.96. The molecular formula is C13H21N3OS. The summed E-state index contributed by atoms with van der Waals surface area (Å²) in [5, 5.41) is 3.38. The number of ether oxygens (including phenoxy) is 1. The number of nitrogens with one attached hydrogen (secondary N) is 1. The first-order chi connectivity index (χ1) is 8.79. The number of rotatable bonds is 6. The van der Waals surface area contributed by atoms with Gasteiger partial charge in [-0.2, -0.15) is 11.8 Å². The van der Waals surface area contributed by atoms with Crippen LogP contribution in [0.2, 0.25) is 0 Å². The second-order valence-electron chi connectivity index (χ2n) is 4.56. The van der Waals surface area contributed by atoms with E-state index in [-0.39, 0.29) is 0 Å². The Balaban J connectivity index is 1.97. The second kappa shape index (κ2) is 6.95. The predicted octanol–water partition coefficient (Wildman–Crippen LogP) is 2.45. The number of thioether (sulfide) groups is 1. The molecule has 0 radical (unpaired) electrons. The van der Waals surface area contributed by atoms with Gasteiger partial charge in [0.2, 0.25) is 0 Å². The smallest absolute Gasteiger partial charge is 0.129 e. The van der Waals surface area contributed by atoms with E-state index in [2.05, 4.69) is 27.6 Å². The highest BCUT2D eigenvalue weighted by Gasteiger charge is 2.20. The number of aryl methyl sites for hydroxylation is 1. The van der Waals surface area contributed by atoms with Crippen molar-refractivity contribution in [3.63, 3.8) is 0 Å². The highest BCUT2D eigenvalue weighted by molar-refractivity contribution is 7.98. The van der Waals surface area contributed by atoms with Crippen molar-refractivity contribution in [1.82, 2.24) is 9.97 Å². The Kier molecular flexibility index (Phi) is 5.26. The molecule has 4 nitrogen and oxygen atoms in total. The average Bonchev–Trinajstić information content (AvgIpc) is 2.88. The van der Waals surface area contributed by atoms with Gasteiger partial charge < -0.3 is 10.1 Å². The van der Waals surface area contributed by atoms with Crippen molar-refractivity contribution < 1.29 is 4.74 Å². The van der Waals surface area contributed by atoms with Crippen LogP contribution >= 0.6 is 11.8 Å². The largest absolute Gasteiger partial charge is 0.381 e. The standard InChI is InChI=1S/C13H21N3OS/c1-10-15-12(11-4-6-17-9-11)8-13(16-10)14-5-3-7-18-2/h8,11H,3-7,9H2,1-2H3,(H,14,15,16)/t11-/m0/s1. The zero-order chi connectivity index (χ0) is 12.8. The number of anilines is 1. The summed E-state index contributed by atoms with van der Waals surface area (Å²) >= 11 is 1.87. The summed E-state index contributed by atoms with van der Waals surface area (Å²) in [6.07, 6.45) is 4.36. The van der Waals surface area contributed by atoms with Crippen LogP contribution < -0.4 is 5.32 Å². The summed E-state index contributed by atoms with van der Waals surface area (Å²) in [7, 11) is 0. The van der Waals surface area contributed by atoms with Gasteiger partial charge >= 0.3 is 0 Å². The van der Waals surface area contributed by atoms with Gasteiger partial charge in [-0.15, -0.1) is 0 Å². The molecule has 1 aromatic rings. The summed E-state index contributed by atoms with van der Waals surface area (Å²) in [6.45, 7) is 4.57. The molecule has 18 heavy (non-hydrogen) atoms. The molecule has 1 atom stereocenters. The van der Waals surface area contributed by atoms with Gasteiger partial charge in [0.1, 0.15) is 11.6 Å². The van der Waals surface area contributed by atoms with Gasteiger partial charge in [-0.05, 0) is 31.8 Å². The maximum Gasteiger partial charge on any atom is 0.129 e. The molecule has 100 valence electrons. The van der Waals surface area contributed by atoms with Crippen molar-refractivity contribution in [2.45, 2.75) is 25.7 Å². The fraction of sp³-hybridized carbons (Fsp3) is 0.692. The molecule has 2 heterocycles. The molecule has 1 aromatic heterocycles. The molecule has 1 aliphatic rings. The monoisotopic (exact) mass is 267 g/mol. The molecule has 1 saturated heterocycles. The summed E-state index contributed by atoms with van der Waals surface area (Å²) in [5.41, 5.74) is 1.12. The zero-order valence-electron chi connectivity index (χ0n) is 11.1. The lowest BCUT2D eigenvalue weighted by atomic mass is 10.0. The molecule has 0 aliphatic carbocycles. The van der Waals surface area contributed by atoms with E-state index in [0.29, 0.717) is 5.92 Å². The van der Waals surface area contributed by atoms with E-state index in [1.54, 1.807) is 0 Å². The Morgan fingerprint density at radius 2 is 2.39 bits per heavy atom. The van der Waals surface area contributed by atoms with Crippen molar-refractivity contribution in [3.8, 4) is 0 Å². The van der Waals surface area contributed by atoms with Crippen LogP contribution in [0.4, 0.5) is 5.82 Å². The van der Waals surface area contributed by atoms with Gasteiger partial charge in [0.25, 0.3) is 0 Å². The van der Waals surface area contributed by atoms with E-state index < -0.39 is 0 Å². The van der Waals surface area contributed by atoms with Gasteiger partial charge in [-0.3, -0.25) is 0 Å². The van der Waals surface area contributed by atoms with Crippen molar-refractivity contribution in [2.75, 3.05) is 37.1 Å². The van der Waals surface area contributed by atoms with Crippen LogP contribution in [0.3, 0.4) is 0 Å². The van der Waals surface area contributed by atoms with E-state index in [1.807, 2.05) is 18.7 Å². The third-order valence-electron chi connectivity index (χ3n) is 3.04. The van der Waals surface area contributed by atoms with Crippen molar-refractivity contribution in [3.05, 3.63) is 17.6 Å². The molecule has 0 aromatic carbocycles. The van der Waals surface area contributed by atoms with E-state index >= 15 is 0 Å². The minimum Gasteiger partial charge on any atom is -0.381 e. The number of nitrogens with zero attached hydrogens (tertiary/aromatic N) is 2. The van der Waals surface area contributed by atoms with Gasteiger partial charge in [0.05, 0.1) is 12.3 Å². The van der Waals surface area contributed by atoms with E-state index in [0.717, 1.165) is 49.9 Å². The highest BCUT2D eigenvalue weighted by atomic mass is 32.2. The van der Waals surface area contributed by atoms with Crippen molar-refractivity contribution in [1.29, 1.82) is 0 Å². The van der Waals surface area contributed by atoms with Crippen LogP contribution in [0.25, 0.3) is 0 Å². The average molecular weight is 267 g/mol. The molecule has 0 spiro atoms. The van der Waals surface area contributed by atoms with Crippen LogP contribution in [0.5, 0.6) is 0 Å². The maximum atomic E-state index is 5.42. The zero-order valence-corrected chi connectivity index (χ0v) is 11.9. The fourth-order valence-corrected chi connectivity index (χ4v) is 2.52. The molecule has 0 saturated carbocycles. The lowest BCUT2D eigenvalue weighted by molar-refractivity contribution is 0.193. The Labute approximate surface area is 113 Å². The Hall–Kier alpha value is -0.810. The molecular weight excluding hydrogens is 246 g/mol.